The zero-order valence-electron chi connectivity index (χ0n) is 23.7. The zero-order chi connectivity index (χ0) is 24.9. The fraction of sp³-hybridized carbons (Fsp3) is 0.647. The smallest absolute Gasteiger partial charge is 0.0727 e. The average Bonchev–Trinajstić information content (AvgIpc) is 3.36. The number of benzene rings is 2. The second-order valence-electron chi connectivity index (χ2n) is 11.0. The third-order valence-corrected chi connectivity index (χ3v) is 8.84. The molecule has 0 atom stereocenters. The first-order chi connectivity index (χ1) is 17.1. The largest absolute Gasteiger partial charge is 0.372 e. The van der Waals surface area contributed by atoms with E-state index in [4.69, 9.17) is 4.74 Å². The van der Waals surface area contributed by atoms with Crippen LogP contribution in [0.5, 0.6) is 0 Å². The number of ether oxygens (including phenoxy) is 1. The summed E-state index contributed by atoms with van der Waals surface area (Å²) in [5.41, 5.74) is 20.3. The van der Waals surface area contributed by atoms with Gasteiger partial charge in [-0.15, -0.1) is 0 Å². The van der Waals surface area contributed by atoms with E-state index in [-0.39, 0.29) is 0 Å². The van der Waals surface area contributed by atoms with Crippen molar-refractivity contribution in [1.82, 2.24) is 0 Å². The highest BCUT2D eigenvalue weighted by molar-refractivity contribution is 5.63. The summed E-state index contributed by atoms with van der Waals surface area (Å²) >= 11 is 0. The third-order valence-electron chi connectivity index (χ3n) is 8.84. The molecule has 1 nitrogen and oxygen atoms in total. The van der Waals surface area contributed by atoms with Gasteiger partial charge in [0.25, 0.3) is 0 Å². The summed E-state index contributed by atoms with van der Waals surface area (Å²) in [6, 6.07) is 0. The van der Waals surface area contributed by atoms with Crippen molar-refractivity contribution in [2.45, 2.75) is 145 Å². The van der Waals surface area contributed by atoms with Gasteiger partial charge in [-0.05, 0) is 131 Å². The molecule has 0 saturated carbocycles. The normalized spacial score (nSPS) is 14.2. The van der Waals surface area contributed by atoms with E-state index in [1.807, 2.05) is 0 Å². The van der Waals surface area contributed by atoms with Crippen LogP contribution in [0, 0.1) is 0 Å². The van der Waals surface area contributed by atoms with Gasteiger partial charge in [0.1, 0.15) is 0 Å². The first-order valence-corrected chi connectivity index (χ1v) is 15.1. The Kier molecular flexibility index (Phi) is 9.14. The van der Waals surface area contributed by atoms with Gasteiger partial charge in [-0.2, -0.15) is 0 Å². The molecule has 1 aliphatic carbocycles. The highest BCUT2D eigenvalue weighted by Gasteiger charge is 2.32. The number of fused-ring (bicyclic) bond motifs is 3. The van der Waals surface area contributed by atoms with Crippen molar-refractivity contribution in [3.8, 4) is 0 Å². The van der Waals surface area contributed by atoms with E-state index in [1.165, 1.54) is 89.9 Å². The Hall–Kier alpha value is -1.60. The van der Waals surface area contributed by atoms with Gasteiger partial charge in [-0.25, -0.2) is 0 Å². The summed E-state index contributed by atoms with van der Waals surface area (Å²) in [5, 5.41) is 0. The average molecular weight is 475 g/mol. The minimum atomic E-state index is 0.839. The fourth-order valence-electron chi connectivity index (χ4n) is 7.26. The first kappa shape index (κ1) is 26.5. The highest BCUT2D eigenvalue weighted by Crippen LogP contribution is 2.44. The van der Waals surface area contributed by atoms with Crippen LogP contribution in [0.1, 0.15) is 147 Å². The van der Waals surface area contributed by atoms with Crippen molar-refractivity contribution in [3.05, 3.63) is 66.8 Å². The molecule has 35 heavy (non-hydrogen) atoms. The Labute approximate surface area is 216 Å². The second-order valence-corrected chi connectivity index (χ2v) is 11.0. The molecule has 0 amide bonds. The Bertz CT molecular complexity index is 960. The third kappa shape index (κ3) is 4.87. The standard InChI is InChI=1S/C34H50O/c1-7-13-17-27-31-19-29-25(15-9-3)23(11-5)24(12-6)26(16-10-4)30(29)20-32(31)28(18-14-8-2)34-22-35-21-33(27)34/h7-22H2,1-6H3. The lowest BCUT2D eigenvalue weighted by molar-refractivity contribution is 0.134. The molecule has 0 unspecified atom stereocenters. The quantitative estimate of drug-likeness (QED) is 0.254. The molecule has 0 aromatic heterocycles. The minimum Gasteiger partial charge on any atom is -0.372 e. The lowest BCUT2D eigenvalue weighted by atomic mass is 9.71. The minimum absolute atomic E-state index is 0.839. The maximum absolute atomic E-state index is 6.15. The summed E-state index contributed by atoms with van der Waals surface area (Å²) in [5.74, 6) is 0. The number of hydrogen-bond donors (Lipinski definition) is 0. The van der Waals surface area contributed by atoms with E-state index in [9.17, 15) is 0 Å². The molecule has 0 saturated heterocycles. The van der Waals surface area contributed by atoms with Crippen molar-refractivity contribution < 1.29 is 4.74 Å². The molecule has 2 aromatic rings. The van der Waals surface area contributed by atoms with Crippen LogP contribution in [0.4, 0.5) is 0 Å². The first-order valence-electron chi connectivity index (χ1n) is 15.1. The van der Waals surface area contributed by atoms with Crippen molar-refractivity contribution in [3.63, 3.8) is 0 Å². The molecule has 2 aromatic carbocycles. The predicted molar refractivity (Wildman–Crippen MR) is 151 cm³/mol. The Morgan fingerprint density at radius 1 is 0.429 bits per heavy atom. The fourth-order valence-corrected chi connectivity index (χ4v) is 7.26. The van der Waals surface area contributed by atoms with Gasteiger partial charge >= 0.3 is 0 Å². The van der Waals surface area contributed by atoms with E-state index in [0.717, 1.165) is 13.2 Å². The Morgan fingerprint density at radius 2 is 0.829 bits per heavy atom. The molecule has 0 fully saturated rings. The van der Waals surface area contributed by atoms with Crippen LogP contribution in [0.15, 0.2) is 0 Å². The van der Waals surface area contributed by atoms with E-state index in [0.29, 0.717) is 0 Å². The van der Waals surface area contributed by atoms with Gasteiger partial charge in [0.2, 0.25) is 0 Å². The van der Waals surface area contributed by atoms with Crippen LogP contribution >= 0.6 is 0 Å². The maximum atomic E-state index is 6.15. The molecule has 1 heteroatoms. The van der Waals surface area contributed by atoms with Crippen LogP contribution in [0.2, 0.25) is 0 Å². The molecular formula is C34H50O. The highest BCUT2D eigenvalue weighted by atomic mass is 16.5. The van der Waals surface area contributed by atoms with E-state index in [2.05, 4.69) is 41.5 Å². The lowest BCUT2D eigenvalue weighted by Crippen LogP contribution is -2.22. The van der Waals surface area contributed by atoms with Crippen LogP contribution in [0.25, 0.3) is 0 Å². The van der Waals surface area contributed by atoms with Crippen molar-refractivity contribution >= 4 is 0 Å². The Morgan fingerprint density at radius 3 is 1.17 bits per heavy atom. The van der Waals surface area contributed by atoms with E-state index >= 15 is 0 Å². The van der Waals surface area contributed by atoms with Crippen LogP contribution in [0.3, 0.4) is 0 Å². The van der Waals surface area contributed by atoms with E-state index in [1.54, 1.807) is 66.8 Å². The Balaban J connectivity index is 1.99. The van der Waals surface area contributed by atoms with E-state index < -0.39 is 0 Å². The molecular weight excluding hydrogens is 424 g/mol. The monoisotopic (exact) mass is 474 g/mol. The molecule has 0 N–H and O–H groups in total. The van der Waals surface area contributed by atoms with Gasteiger partial charge in [-0.1, -0.05) is 67.2 Å². The number of rotatable bonds is 12. The number of unbranched alkanes of at least 4 members (excludes halogenated alkanes) is 2. The number of hydrogen-bond acceptors (Lipinski definition) is 1. The molecule has 192 valence electrons. The second kappa shape index (κ2) is 12.1. The summed E-state index contributed by atoms with van der Waals surface area (Å²) in [4.78, 5) is 0. The van der Waals surface area contributed by atoms with Gasteiger partial charge in [0.15, 0.2) is 0 Å². The topological polar surface area (TPSA) is 9.23 Å². The summed E-state index contributed by atoms with van der Waals surface area (Å²) < 4.78 is 6.15. The summed E-state index contributed by atoms with van der Waals surface area (Å²) in [6.07, 6.45) is 17.2. The maximum Gasteiger partial charge on any atom is 0.0727 e. The van der Waals surface area contributed by atoms with Gasteiger partial charge in [0.05, 0.1) is 13.2 Å². The molecule has 2 aliphatic rings. The van der Waals surface area contributed by atoms with Gasteiger partial charge in [-0.3, -0.25) is 0 Å². The summed E-state index contributed by atoms with van der Waals surface area (Å²) in [7, 11) is 0. The van der Waals surface area contributed by atoms with Crippen molar-refractivity contribution in [2.75, 3.05) is 0 Å². The van der Waals surface area contributed by atoms with Crippen LogP contribution < -0.4 is 0 Å². The molecule has 0 spiro atoms. The van der Waals surface area contributed by atoms with Gasteiger partial charge < -0.3 is 4.74 Å². The molecule has 1 heterocycles. The molecule has 4 rings (SSSR count). The molecule has 0 radical (unpaired) electrons. The van der Waals surface area contributed by atoms with Crippen molar-refractivity contribution in [2.24, 2.45) is 0 Å². The predicted octanol–water partition coefficient (Wildman–Crippen LogP) is 8.93. The van der Waals surface area contributed by atoms with Crippen LogP contribution in [-0.4, -0.2) is 0 Å². The zero-order valence-corrected chi connectivity index (χ0v) is 23.7. The summed E-state index contributed by atoms with van der Waals surface area (Å²) in [6.45, 7) is 15.9. The van der Waals surface area contributed by atoms with Gasteiger partial charge in [0, 0.05) is 0 Å². The SMILES string of the molecule is CCCCc1c2c(c(CCCC)c3c1Cc1c(CCC)c(CC)c(CC)c(CCC)c1C3)COC2. The molecule has 1 aliphatic heterocycles. The van der Waals surface area contributed by atoms with Crippen LogP contribution in [-0.2, 0) is 69.3 Å². The molecule has 0 bridgehead atoms. The van der Waals surface area contributed by atoms with Crippen molar-refractivity contribution in [1.29, 1.82) is 0 Å². The lowest BCUT2D eigenvalue weighted by Gasteiger charge is -2.33.